The van der Waals surface area contributed by atoms with E-state index in [0.29, 0.717) is 56.1 Å². The highest BCUT2D eigenvalue weighted by atomic mass is 16.7. The number of aliphatic hydroxyl groups is 2. The maximum absolute atomic E-state index is 15.4. The molecule has 3 aliphatic rings. The van der Waals surface area contributed by atoms with Crippen molar-refractivity contribution >= 4 is 28.1 Å². The van der Waals surface area contributed by atoms with Gasteiger partial charge in [-0.05, 0) is 97.0 Å². The van der Waals surface area contributed by atoms with Gasteiger partial charge in [0.05, 0.1) is 29.2 Å². The Bertz CT molecular complexity index is 2410. The molecule has 4 aromatic rings. The van der Waals surface area contributed by atoms with Crippen LogP contribution in [0.4, 0.5) is 5.69 Å². The topological polar surface area (TPSA) is 153 Å². The Labute approximate surface area is 414 Å². The number of carbonyl (C=O) groups is 1. The molecule has 0 saturated heterocycles. The van der Waals surface area contributed by atoms with Crippen LogP contribution in [0, 0.1) is 27.9 Å². The zero-order valence-electron chi connectivity index (χ0n) is 41.5. The molecule has 1 aliphatic heterocycles. The number of amides is 1. The molecule has 1 saturated carbocycles. The smallest absolute Gasteiger partial charge is 0.273 e. The SMILES string of the molecule is C=CCO[C@@]12Oc3ccc(Oc4cccc([N+](=O)[O-])c4)cc3[C@H]3[C@H](CCCCO)[C@@H](CCCCO)C=C(C(=NOCC)C[C@@H]1N(Cc1cccc4ccccc14)C(=O)CCCCCCCCCCC)[C@H]32. The molecule has 6 atom stereocenters. The van der Waals surface area contributed by atoms with Gasteiger partial charge in [0.1, 0.15) is 29.9 Å². The average molecular weight is 958 g/mol. The molecule has 1 heterocycles. The molecular formula is C58H75N3O9. The molecule has 1 amide bonds. The number of fused-ring (bicyclic) bond motifs is 3. The Morgan fingerprint density at radius 2 is 1.59 bits per heavy atom. The first kappa shape index (κ1) is 52.3. The van der Waals surface area contributed by atoms with E-state index in [9.17, 15) is 20.3 Å². The average Bonchev–Trinajstić information content (AvgIpc) is 3.37. The molecular weight excluding hydrogens is 883 g/mol. The van der Waals surface area contributed by atoms with E-state index in [-0.39, 0.29) is 49.2 Å². The fraction of sp³-hybridized carbons (Fsp3) is 0.517. The van der Waals surface area contributed by atoms with Crippen LogP contribution < -0.4 is 9.47 Å². The minimum absolute atomic E-state index is 0.0118. The largest absolute Gasteiger partial charge is 0.459 e. The summed E-state index contributed by atoms with van der Waals surface area (Å²) in [5, 5.41) is 38.9. The van der Waals surface area contributed by atoms with E-state index in [2.05, 4.69) is 49.9 Å². The van der Waals surface area contributed by atoms with E-state index in [1.165, 1.54) is 50.7 Å². The number of aliphatic hydroxyl groups excluding tert-OH is 2. The van der Waals surface area contributed by atoms with Crippen molar-refractivity contribution in [3.8, 4) is 17.2 Å². The number of unbranched alkanes of at least 4 members (excludes halogenated alkanes) is 10. The highest BCUT2D eigenvalue weighted by molar-refractivity contribution is 6.03. The second-order valence-corrected chi connectivity index (χ2v) is 19.3. The zero-order valence-corrected chi connectivity index (χ0v) is 41.5. The van der Waals surface area contributed by atoms with Gasteiger partial charge >= 0.3 is 0 Å². The van der Waals surface area contributed by atoms with Crippen LogP contribution in [0.15, 0.2) is 114 Å². The highest BCUT2D eigenvalue weighted by Crippen LogP contribution is 2.62. The van der Waals surface area contributed by atoms with E-state index in [0.717, 1.165) is 78.1 Å². The minimum Gasteiger partial charge on any atom is -0.459 e. The number of nitro groups is 1. The lowest BCUT2D eigenvalue weighted by Gasteiger charge is -2.60. The standard InChI is InChI=1S/C58H75N3O9/c1-4-7-8-9-10-11-12-13-14-31-55(64)60(41-44-26-21-25-42-23-15-16-29-48(42)44)54-40-52(59-68-6-3)50-37-43(24-17-19-34-62)49(30-18-20-35-63)56-51-39-47(69-46-28-22-27-45(38-46)61(65)66)32-33-53(51)70-58(54,57(50)56)67-36-5-2/h5,15-16,21-23,25-29,32-33,37-39,43,49,54,56-57,62-63H,2,4,6-14,17-20,24,30-31,34-36,40-41H2,1,3H3/t43-,49+,54-,56+,57+,58+/m0/s1. The minimum atomic E-state index is -1.42. The third-order valence-electron chi connectivity index (χ3n) is 14.6. The van der Waals surface area contributed by atoms with Gasteiger partial charge in [0.15, 0.2) is 0 Å². The van der Waals surface area contributed by atoms with Crippen LogP contribution in [0.1, 0.15) is 140 Å². The summed E-state index contributed by atoms with van der Waals surface area (Å²) in [6, 6.07) is 25.8. The van der Waals surface area contributed by atoms with Crippen LogP contribution in [0.3, 0.4) is 0 Å². The third-order valence-corrected chi connectivity index (χ3v) is 14.6. The lowest BCUT2D eigenvalue weighted by Crippen LogP contribution is -2.70. The maximum Gasteiger partial charge on any atom is 0.273 e. The van der Waals surface area contributed by atoms with Crippen LogP contribution in [0.25, 0.3) is 10.8 Å². The van der Waals surface area contributed by atoms with Crippen molar-refractivity contribution in [2.45, 2.75) is 147 Å². The normalized spacial score (nSPS) is 21.9. The molecule has 0 aromatic heterocycles. The van der Waals surface area contributed by atoms with Gasteiger partial charge in [0.25, 0.3) is 5.69 Å². The second-order valence-electron chi connectivity index (χ2n) is 19.3. The monoisotopic (exact) mass is 958 g/mol. The van der Waals surface area contributed by atoms with Gasteiger partial charge in [-0.15, -0.1) is 6.58 Å². The van der Waals surface area contributed by atoms with E-state index >= 15 is 4.79 Å². The van der Waals surface area contributed by atoms with Crippen LogP contribution in [-0.4, -0.2) is 69.9 Å². The zero-order chi connectivity index (χ0) is 49.3. The van der Waals surface area contributed by atoms with Crippen molar-refractivity contribution in [3.05, 3.63) is 130 Å². The molecule has 2 aliphatic carbocycles. The van der Waals surface area contributed by atoms with Crippen molar-refractivity contribution in [1.82, 2.24) is 4.90 Å². The molecule has 376 valence electrons. The number of non-ortho nitro benzene ring substituents is 1. The van der Waals surface area contributed by atoms with Gasteiger partial charge in [-0.3, -0.25) is 14.9 Å². The Morgan fingerprint density at radius 3 is 2.33 bits per heavy atom. The lowest BCUT2D eigenvalue weighted by atomic mass is 9.55. The second kappa shape index (κ2) is 26.1. The van der Waals surface area contributed by atoms with Crippen LogP contribution in [0.5, 0.6) is 17.2 Å². The Kier molecular flexibility index (Phi) is 19.5. The van der Waals surface area contributed by atoms with Gasteiger partial charge in [-0.1, -0.05) is 137 Å². The Balaban J connectivity index is 1.39. The lowest BCUT2D eigenvalue weighted by molar-refractivity contribution is -0.384. The van der Waals surface area contributed by atoms with Crippen LogP contribution >= 0.6 is 0 Å². The van der Waals surface area contributed by atoms with Crippen molar-refractivity contribution in [2.24, 2.45) is 22.9 Å². The number of allylic oxidation sites excluding steroid dienone is 1. The van der Waals surface area contributed by atoms with Gasteiger partial charge in [-0.2, -0.15) is 0 Å². The van der Waals surface area contributed by atoms with Gasteiger partial charge in [0, 0.05) is 50.1 Å². The number of carbonyl (C=O) groups excluding carboxylic acids is 1. The fourth-order valence-corrected chi connectivity index (χ4v) is 11.4. The van der Waals surface area contributed by atoms with E-state index in [1.807, 2.05) is 42.2 Å². The van der Waals surface area contributed by atoms with Crippen LogP contribution in [0.2, 0.25) is 0 Å². The first-order valence-corrected chi connectivity index (χ1v) is 26.2. The molecule has 0 radical (unpaired) electrons. The summed E-state index contributed by atoms with van der Waals surface area (Å²) in [7, 11) is 0. The fourth-order valence-electron chi connectivity index (χ4n) is 11.4. The number of nitrogens with zero attached hydrogens (tertiary/aromatic N) is 3. The molecule has 7 rings (SSSR count). The van der Waals surface area contributed by atoms with Gasteiger partial charge in [-0.25, -0.2) is 0 Å². The Morgan fingerprint density at radius 1 is 0.871 bits per heavy atom. The molecule has 70 heavy (non-hydrogen) atoms. The molecule has 12 heteroatoms. The number of hydrogen-bond acceptors (Lipinski definition) is 10. The molecule has 0 unspecified atom stereocenters. The molecule has 1 fully saturated rings. The number of benzene rings is 4. The first-order chi connectivity index (χ1) is 34.3. The number of rotatable bonds is 29. The van der Waals surface area contributed by atoms with Crippen LogP contribution in [-0.2, 0) is 20.9 Å². The summed E-state index contributed by atoms with van der Waals surface area (Å²) in [6.07, 6.45) is 19.5. The third kappa shape index (κ3) is 12.5. The predicted octanol–water partition coefficient (Wildman–Crippen LogP) is 13.1. The molecule has 2 N–H and O–H groups in total. The first-order valence-electron chi connectivity index (χ1n) is 26.2. The van der Waals surface area contributed by atoms with E-state index < -0.39 is 22.7 Å². The van der Waals surface area contributed by atoms with Crippen molar-refractivity contribution in [2.75, 3.05) is 26.4 Å². The molecule has 12 nitrogen and oxygen atoms in total. The quantitative estimate of drug-likeness (QED) is 0.0234. The summed E-state index contributed by atoms with van der Waals surface area (Å²) in [4.78, 5) is 34.8. The van der Waals surface area contributed by atoms with E-state index in [4.69, 9.17) is 24.2 Å². The summed E-state index contributed by atoms with van der Waals surface area (Å²) in [5.41, 5.74) is 3.55. The van der Waals surface area contributed by atoms with Crippen molar-refractivity contribution < 1.29 is 39.0 Å². The van der Waals surface area contributed by atoms with Crippen molar-refractivity contribution in [1.29, 1.82) is 0 Å². The number of ether oxygens (including phenoxy) is 3. The van der Waals surface area contributed by atoms with Gasteiger partial charge < -0.3 is 34.2 Å². The predicted molar refractivity (Wildman–Crippen MR) is 276 cm³/mol. The number of nitro benzene ring substituents is 1. The summed E-state index contributed by atoms with van der Waals surface area (Å²) in [5.74, 6) is -0.661. The summed E-state index contributed by atoms with van der Waals surface area (Å²) >= 11 is 0. The summed E-state index contributed by atoms with van der Waals surface area (Å²) < 4.78 is 21.2. The molecule has 0 bridgehead atoms. The van der Waals surface area contributed by atoms with Gasteiger partial charge in [0.2, 0.25) is 11.7 Å². The molecule has 4 aromatic carbocycles. The number of oxime groups is 1. The van der Waals surface area contributed by atoms with Crippen molar-refractivity contribution in [3.63, 3.8) is 0 Å². The summed E-state index contributed by atoms with van der Waals surface area (Å²) in [6.45, 7) is 9.25. The highest BCUT2D eigenvalue weighted by Gasteiger charge is 2.65. The van der Waals surface area contributed by atoms with E-state index in [1.54, 1.807) is 18.2 Å². The maximum atomic E-state index is 15.4. The number of hydrogen-bond donors (Lipinski definition) is 2. The molecule has 0 spiro atoms. The Hall–Kier alpha value is -5.56.